The van der Waals surface area contributed by atoms with Crippen LogP contribution in [0.3, 0.4) is 0 Å². The van der Waals surface area contributed by atoms with E-state index in [4.69, 9.17) is 0 Å². The molecule has 138 valence electrons. The molecule has 1 saturated carbocycles. The first-order valence-corrected chi connectivity index (χ1v) is 9.79. The number of thiophene rings is 1. The summed E-state index contributed by atoms with van der Waals surface area (Å²) in [6.45, 7) is 1.92. The number of nitrogens with one attached hydrogen (secondary N) is 3. The van der Waals surface area contributed by atoms with Crippen molar-refractivity contribution in [3.05, 3.63) is 59.1 Å². The molecule has 0 saturated heterocycles. The second kappa shape index (κ2) is 7.36. The quantitative estimate of drug-likeness (QED) is 0.604. The van der Waals surface area contributed by atoms with Crippen LogP contribution in [0.1, 0.15) is 41.9 Å². The van der Waals surface area contributed by atoms with E-state index in [0.717, 1.165) is 34.7 Å². The summed E-state index contributed by atoms with van der Waals surface area (Å²) in [6, 6.07) is 13.1. The molecule has 1 aromatic carbocycles. The van der Waals surface area contributed by atoms with Crippen molar-refractivity contribution in [2.24, 2.45) is 5.92 Å². The lowest BCUT2D eigenvalue weighted by Gasteiger charge is -2.14. The number of carbonyl (C=O) groups excluding carboxylic acids is 2. The van der Waals surface area contributed by atoms with Gasteiger partial charge in [0.15, 0.2) is 5.69 Å². The minimum absolute atomic E-state index is 0.0872. The Labute approximate surface area is 161 Å². The Morgan fingerprint density at radius 2 is 2.00 bits per heavy atom. The van der Waals surface area contributed by atoms with E-state index in [9.17, 15) is 9.59 Å². The Bertz CT molecular complexity index is 943. The lowest BCUT2D eigenvalue weighted by atomic mass is 10.1. The van der Waals surface area contributed by atoms with Gasteiger partial charge in [-0.25, -0.2) is 0 Å². The van der Waals surface area contributed by atoms with Crippen LogP contribution in [0.15, 0.2) is 47.8 Å². The summed E-state index contributed by atoms with van der Waals surface area (Å²) in [4.78, 5) is 25.3. The molecule has 6 nitrogen and oxygen atoms in total. The SMILES string of the molecule is CC(NC(=O)c1cc(-c2cccs2)[nH]n1)c1ccc(NC(=O)C2CC2)cc1. The highest BCUT2D eigenvalue weighted by molar-refractivity contribution is 7.13. The number of carbonyl (C=O) groups is 2. The zero-order valence-electron chi connectivity index (χ0n) is 14.9. The van der Waals surface area contributed by atoms with Crippen molar-refractivity contribution >= 4 is 28.8 Å². The lowest BCUT2D eigenvalue weighted by molar-refractivity contribution is -0.117. The Morgan fingerprint density at radius 3 is 2.67 bits per heavy atom. The van der Waals surface area contributed by atoms with Crippen LogP contribution in [0, 0.1) is 5.92 Å². The Kier molecular flexibility index (Phi) is 4.77. The highest BCUT2D eigenvalue weighted by Gasteiger charge is 2.29. The van der Waals surface area contributed by atoms with E-state index in [-0.39, 0.29) is 23.8 Å². The maximum Gasteiger partial charge on any atom is 0.272 e. The number of anilines is 1. The van der Waals surface area contributed by atoms with Crippen LogP contribution in [0.2, 0.25) is 0 Å². The molecule has 1 aliphatic rings. The molecule has 1 fully saturated rings. The first-order chi connectivity index (χ1) is 13.1. The number of aromatic amines is 1. The Hall–Kier alpha value is -2.93. The van der Waals surface area contributed by atoms with Gasteiger partial charge in [0.1, 0.15) is 0 Å². The van der Waals surface area contributed by atoms with Crippen LogP contribution in [0.5, 0.6) is 0 Å². The first kappa shape index (κ1) is 17.5. The van der Waals surface area contributed by atoms with Crippen molar-refractivity contribution in [3.63, 3.8) is 0 Å². The van der Waals surface area contributed by atoms with Crippen molar-refractivity contribution in [2.45, 2.75) is 25.8 Å². The van der Waals surface area contributed by atoms with Gasteiger partial charge in [-0.1, -0.05) is 18.2 Å². The molecule has 3 aromatic rings. The molecule has 1 unspecified atom stereocenters. The third kappa shape index (κ3) is 4.09. The zero-order valence-corrected chi connectivity index (χ0v) is 15.7. The normalized spacial score (nSPS) is 14.6. The van der Waals surface area contributed by atoms with Crippen LogP contribution >= 0.6 is 11.3 Å². The van der Waals surface area contributed by atoms with Gasteiger partial charge >= 0.3 is 0 Å². The molecule has 1 aliphatic carbocycles. The lowest BCUT2D eigenvalue weighted by Crippen LogP contribution is -2.27. The van der Waals surface area contributed by atoms with Gasteiger partial charge < -0.3 is 10.6 Å². The summed E-state index contributed by atoms with van der Waals surface area (Å²) in [6.07, 6.45) is 1.96. The molecule has 0 aliphatic heterocycles. The number of rotatable bonds is 6. The number of aromatic nitrogens is 2. The fourth-order valence-corrected chi connectivity index (χ4v) is 3.49. The van der Waals surface area contributed by atoms with Crippen molar-refractivity contribution in [3.8, 4) is 10.6 Å². The summed E-state index contributed by atoms with van der Waals surface area (Å²) < 4.78 is 0. The third-order valence-electron chi connectivity index (χ3n) is 4.57. The van der Waals surface area contributed by atoms with Gasteiger partial charge in [-0.2, -0.15) is 5.10 Å². The van der Waals surface area contributed by atoms with Crippen LogP contribution < -0.4 is 10.6 Å². The van der Waals surface area contributed by atoms with E-state index < -0.39 is 0 Å². The van der Waals surface area contributed by atoms with Gasteiger partial charge in [0.25, 0.3) is 5.91 Å². The maximum atomic E-state index is 12.5. The van der Waals surface area contributed by atoms with Crippen LogP contribution in [-0.4, -0.2) is 22.0 Å². The van der Waals surface area contributed by atoms with Crippen LogP contribution in [0.4, 0.5) is 5.69 Å². The van der Waals surface area contributed by atoms with Gasteiger partial charge in [-0.3, -0.25) is 14.7 Å². The van der Waals surface area contributed by atoms with Crippen molar-refractivity contribution < 1.29 is 9.59 Å². The molecule has 0 spiro atoms. The van der Waals surface area contributed by atoms with E-state index in [1.807, 2.05) is 48.7 Å². The van der Waals surface area contributed by atoms with E-state index >= 15 is 0 Å². The molecule has 4 rings (SSSR count). The summed E-state index contributed by atoms with van der Waals surface area (Å²) in [7, 11) is 0. The van der Waals surface area contributed by atoms with E-state index in [1.54, 1.807) is 17.4 Å². The highest BCUT2D eigenvalue weighted by Crippen LogP contribution is 2.30. The van der Waals surface area contributed by atoms with Gasteiger partial charge in [0.05, 0.1) is 16.6 Å². The number of hydrogen-bond acceptors (Lipinski definition) is 4. The minimum atomic E-state index is -0.229. The molecule has 0 radical (unpaired) electrons. The second-order valence-electron chi connectivity index (χ2n) is 6.72. The predicted octanol–water partition coefficient (Wildman–Crippen LogP) is 3.98. The molecule has 0 bridgehead atoms. The fraction of sp³-hybridized carbons (Fsp3) is 0.250. The first-order valence-electron chi connectivity index (χ1n) is 8.91. The average Bonchev–Trinajstić information content (AvgIpc) is 3.17. The van der Waals surface area contributed by atoms with Gasteiger partial charge in [-0.05, 0) is 55.0 Å². The summed E-state index contributed by atoms with van der Waals surface area (Å²) in [5.41, 5.74) is 2.93. The molecule has 2 amide bonds. The number of hydrogen-bond donors (Lipinski definition) is 3. The van der Waals surface area contributed by atoms with Gasteiger partial charge in [0.2, 0.25) is 5.91 Å². The molecule has 27 heavy (non-hydrogen) atoms. The largest absolute Gasteiger partial charge is 0.344 e. The average molecular weight is 380 g/mol. The number of nitrogens with zero attached hydrogens (tertiary/aromatic N) is 1. The van der Waals surface area contributed by atoms with Gasteiger partial charge in [0, 0.05) is 11.6 Å². The molecule has 2 aromatic heterocycles. The molecular formula is C20H20N4O2S. The zero-order chi connectivity index (χ0) is 18.8. The van der Waals surface area contributed by atoms with Crippen LogP contribution in [0.25, 0.3) is 10.6 Å². The summed E-state index contributed by atoms with van der Waals surface area (Å²) >= 11 is 1.59. The number of H-pyrrole nitrogens is 1. The van der Waals surface area contributed by atoms with E-state index in [1.165, 1.54) is 0 Å². The molecule has 7 heteroatoms. The smallest absolute Gasteiger partial charge is 0.272 e. The standard InChI is InChI=1S/C20H20N4O2S/c1-12(13-6-8-15(9-7-13)22-19(25)14-4-5-14)21-20(26)17-11-16(23-24-17)18-3-2-10-27-18/h2-3,6-12,14H,4-5H2,1H3,(H,21,26)(H,22,25)(H,23,24). The molecule has 3 N–H and O–H groups in total. The third-order valence-corrected chi connectivity index (χ3v) is 5.47. The van der Waals surface area contributed by atoms with E-state index in [0.29, 0.717) is 5.69 Å². The predicted molar refractivity (Wildman–Crippen MR) is 106 cm³/mol. The maximum absolute atomic E-state index is 12.5. The topological polar surface area (TPSA) is 86.9 Å². The Morgan fingerprint density at radius 1 is 1.22 bits per heavy atom. The number of benzene rings is 1. The fourth-order valence-electron chi connectivity index (χ4n) is 2.79. The van der Waals surface area contributed by atoms with Crippen molar-refractivity contribution in [1.29, 1.82) is 0 Å². The molecular weight excluding hydrogens is 360 g/mol. The molecule has 2 heterocycles. The van der Waals surface area contributed by atoms with Crippen molar-refractivity contribution in [1.82, 2.24) is 15.5 Å². The summed E-state index contributed by atoms with van der Waals surface area (Å²) in [5, 5.41) is 14.9. The van der Waals surface area contributed by atoms with Crippen LogP contribution in [-0.2, 0) is 4.79 Å². The van der Waals surface area contributed by atoms with Gasteiger partial charge in [-0.15, -0.1) is 11.3 Å². The Balaban J connectivity index is 1.37. The summed E-state index contributed by atoms with van der Waals surface area (Å²) in [5.74, 6) is 0.0349. The highest BCUT2D eigenvalue weighted by atomic mass is 32.1. The minimum Gasteiger partial charge on any atom is -0.344 e. The second-order valence-corrected chi connectivity index (χ2v) is 7.67. The number of amides is 2. The molecule has 1 atom stereocenters. The van der Waals surface area contributed by atoms with E-state index in [2.05, 4.69) is 20.8 Å². The monoisotopic (exact) mass is 380 g/mol. The van der Waals surface area contributed by atoms with Crippen molar-refractivity contribution in [2.75, 3.05) is 5.32 Å².